The zero-order valence-electron chi connectivity index (χ0n) is 37.2. The Morgan fingerprint density at radius 1 is 0.644 bits per heavy atom. The van der Waals surface area contributed by atoms with Crippen LogP contribution in [0.1, 0.15) is 213 Å². The number of rotatable bonds is 40. The lowest BCUT2D eigenvalue weighted by atomic mass is 9.88. The highest BCUT2D eigenvalue weighted by Crippen LogP contribution is 2.38. The van der Waals surface area contributed by atoms with E-state index in [4.69, 9.17) is 19.3 Å². The summed E-state index contributed by atoms with van der Waals surface area (Å²) in [6, 6.07) is 0. The minimum absolute atomic E-state index is 0.0823. The van der Waals surface area contributed by atoms with Crippen LogP contribution < -0.4 is 0 Å². The van der Waals surface area contributed by atoms with Crippen LogP contribution in [0, 0.1) is 11.8 Å². The highest BCUT2D eigenvalue weighted by atomic mass is 31.2. The third kappa shape index (κ3) is 32.7. The molecule has 0 spiro atoms. The van der Waals surface area contributed by atoms with Crippen molar-refractivity contribution in [3.05, 3.63) is 24.3 Å². The molecule has 0 unspecified atom stereocenters. The van der Waals surface area contributed by atoms with E-state index < -0.39 is 50.8 Å². The van der Waals surface area contributed by atoms with Crippen LogP contribution in [-0.2, 0) is 28.2 Å². The van der Waals surface area contributed by atoms with Crippen LogP contribution in [0.5, 0.6) is 0 Å². The average Bonchev–Trinajstić information content (AvgIpc) is 3.47. The summed E-state index contributed by atoms with van der Waals surface area (Å²) in [6.45, 7) is 3.43. The maximum atomic E-state index is 12.5. The number of aliphatic hydroxyl groups is 3. The minimum Gasteiger partial charge on any atom is -0.462 e. The van der Waals surface area contributed by atoms with Gasteiger partial charge in [0.2, 0.25) is 0 Å². The number of carbonyl (C=O) groups excluding carboxylic acids is 2. The summed E-state index contributed by atoms with van der Waals surface area (Å²) in [5, 5.41) is 31.3. The number of aliphatic hydroxyl groups excluding tert-OH is 3. The normalized spacial score (nSPS) is 19.5. The summed E-state index contributed by atoms with van der Waals surface area (Å²) in [4.78, 5) is 43.2. The zero-order valence-corrected chi connectivity index (χ0v) is 38.1. The third-order valence-corrected chi connectivity index (χ3v) is 12.0. The molecule has 1 rings (SSSR count). The molecular formula is C47H87O11P. The number of phosphoric acid groups is 1. The molecule has 5 N–H and O–H groups in total. The van der Waals surface area contributed by atoms with Crippen LogP contribution in [0.3, 0.4) is 0 Å². The lowest BCUT2D eigenvalue weighted by Crippen LogP contribution is -2.29. The van der Waals surface area contributed by atoms with Gasteiger partial charge in [0.25, 0.3) is 0 Å². The summed E-state index contributed by atoms with van der Waals surface area (Å²) < 4.78 is 26.5. The lowest BCUT2D eigenvalue weighted by Gasteiger charge is -2.21. The Labute approximate surface area is 358 Å². The van der Waals surface area contributed by atoms with Crippen molar-refractivity contribution in [3.8, 4) is 0 Å². The molecule has 12 heteroatoms. The van der Waals surface area contributed by atoms with Crippen LogP contribution in [-0.4, -0.2) is 74.7 Å². The molecule has 346 valence electrons. The Hall–Kier alpha value is -1.59. The van der Waals surface area contributed by atoms with Crippen molar-refractivity contribution in [2.75, 3.05) is 13.2 Å². The van der Waals surface area contributed by atoms with Crippen molar-refractivity contribution in [2.24, 2.45) is 11.8 Å². The van der Waals surface area contributed by atoms with Crippen molar-refractivity contribution in [1.82, 2.24) is 0 Å². The molecule has 1 saturated carbocycles. The first-order valence-electron chi connectivity index (χ1n) is 23.9. The summed E-state index contributed by atoms with van der Waals surface area (Å²) in [5.41, 5.74) is 0. The summed E-state index contributed by atoms with van der Waals surface area (Å²) in [5.74, 6) is -1.30. The van der Waals surface area contributed by atoms with Gasteiger partial charge in [-0.25, -0.2) is 4.57 Å². The van der Waals surface area contributed by atoms with Crippen molar-refractivity contribution in [2.45, 2.75) is 237 Å². The van der Waals surface area contributed by atoms with Crippen LogP contribution in [0.2, 0.25) is 0 Å². The molecule has 0 saturated heterocycles. The van der Waals surface area contributed by atoms with Gasteiger partial charge in [0.05, 0.1) is 24.9 Å². The van der Waals surface area contributed by atoms with Crippen molar-refractivity contribution >= 4 is 19.8 Å². The van der Waals surface area contributed by atoms with Gasteiger partial charge in [-0.15, -0.1) is 0 Å². The van der Waals surface area contributed by atoms with Crippen molar-refractivity contribution < 1.29 is 53.3 Å². The van der Waals surface area contributed by atoms with Gasteiger partial charge in [-0.3, -0.25) is 14.1 Å². The Bertz CT molecular complexity index is 1130. The second-order valence-corrected chi connectivity index (χ2v) is 18.3. The number of esters is 2. The van der Waals surface area contributed by atoms with Crippen LogP contribution in [0.25, 0.3) is 0 Å². The van der Waals surface area contributed by atoms with Gasteiger partial charge < -0.3 is 34.6 Å². The van der Waals surface area contributed by atoms with E-state index >= 15 is 0 Å². The molecular weight excluding hydrogens is 771 g/mol. The second kappa shape index (κ2) is 37.0. The zero-order chi connectivity index (χ0) is 43.4. The summed E-state index contributed by atoms with van der Waals surface area (Å²) in [7, 11) is -4.81. The Kier molecular flexibility index (Phi) is 34.8. The molecule has 1 aliphatic carbocycles. The molecule has 0 radical (unpaired) electrons. The molecule has 0 bridgehead atoms. The van der Waals surface area contributed by atoms with Gasteiger partial charge in [-0.2, -0.15) is 0 Å². The largest absolute Gasteiger partial charge is 0.469 e. The van der Waals surface area contributed by atoms with Gasteiger partial charge in [-0.05, 0) is 57.3 Å². The molecule has 1 aliphatic rings. The van der Waals surface area contributed by atoms with Gasteiger partial charge in [0.15, 0.2) is 6.10 Å². The SMILES string of the molecule is CCCCCCCC/C=C\CCCCCCCCCCCCCC(=O)O[C@H](COC(=O)CCCCCC[C@@H]1[C@@H](/C=C/[C@@H](O)CCCCC)[C@H](O)C[C@@H]1O)COP(=O)(O)O. The van der Waals surface area contributed by atoms with E-state index in [1.807, 2.05) is 6.08 Å². The quantitative estimate of drug-likeness (QED) is 0.0171. The molecule has 0 aromatic carbocycles. The molecule has 0 heterocycles. The monoisotopic (exact) mass is 859 g/mol. The maximum Gasteiger partial charge on any atom is 0.469 e. The topological polar surface area (TPSA) is 180 Å². The fourth-order valence-corrected chi connectivity index (χ4v) is 8.30. The predicted molar refractivity (Wildman–Crippen MR) is 237 cm³/mol. The molecule has 1 fully saturated rings. The number of carbonyl (C=O) groups is 2. The van der Waals surface area contributed by atoms with Crippen LogP contribution in [0.15, 0.2) is 24.3 Å². The van der Waals surface area contributed by atoms with E-state index in [-0.39, 0.29) is 31.3 Å². The van der Waals surface area contributed by atoms with E-state index in [9.17, 15) is 29.5 Å². The Morgan fingerprint density at radius 3 is 1.69 bits per heavy atom. The molecule has 0 aromatic heterocycles. The Morgan fingerprint density at radius 2 is 1.14 bits per heavy atom. The highest BCUT2D eigenvalue weighted by Gasteiger charge is 2.39. The Balaban J connectivity index is 2.17. The number of phosphoric ester groups is 1. The standard InChI is InChI=1S/C47H87O11P/c1-3-5-7-8-9-10-11-12-13-14-15-16-17-18-19-20-21-22-23-24-30-34-47(52)58-41(39-57-59(53,54)55)38-56-46(51)33-29-26-25-28-32-42-43(45(50)37-44(42)49)36-35-40(48)31-27-6-4-2/h12-13,35-36,40-45,48-50H,3-11,14-34,37-39H2,1-2H3,(H2,53,54,55)/b13-12-,36-35+/t40-,41+,42+,43+,44-,45+/m0/s1. The number of hydrogen-bond acceptors (Lipinski definition) is 9. The molecule has 11 nitrogen and oxygen atoms in total. The van der Waals surface area contributed by atoms with Gasteiger partial charge in [0.1, 0.15) is 6.61 Å². The molecule has 59 heavy (non-hydrogen) atoms. The van der Waals surface area contributed by atoms with E-state index in [0.29, 0.717) is 25.7 Å². The first-order chi connectivity index (χ1) is 28.5. The van der Waals surface area contributed by atoms with Gasteiger partial charge in [-0.1, -0.05) is 167 Å². The van der Waals surface area contributed by atoms with Gasteiger partial charge in [0, 0.05) is 25.2 Å². The summed E-state index contributed by atoms with van der Waals surface area (Å²) >= 11 is 0. The number of unbranched alkanes of at least 4 members (excludes halogenated alkanes) is 22. The van der Waals surface area contributed by atoms with E-state index in [1.54, 1.807) is 6.08 Å². The number of allylic oxidation sites excluding steroid dienone is 2. The smallest absolute Gasteiger partial charge is 0.462 e. The van der Waals surface area contributed by atoms with Gasteiger partial charge >= 0.3 is 19.8 Å². The minimum atomic E-state index is -4.81. The van der Waals surface area contributed by atoms with E-state index in [2.05, 4.69) is 30.5 Å². The first-order valence-corrected chi connectivity index (χ1v) is 25.4. The number of ether oxygens (including phenoxy) is 2. The fourth-order valence-electron chi connectivity index (χ4n) is 7.94. The van der Waals surface area contributed by atoms with Crippen LogP contribution >= 0.6 is 7.82 Å². The number of hydrogen-bond donors (Lipinski definition) is 5. The predicted octanol–water partition coefficient (Wildman–Crippen LogP) is 11.1. The van der Waals surface area contributed by atoms with Crippen molar-refractivity contribution in [1.29, 1.82) is 0 Å². The molecule has 0 amide bonds. The van der Waals surface area contributed by atoms with E-state index in [1.165, 1.54) is 96.3 Å². The fraction of sp³-hybridized carbons (Fsp3) is 0.872. The lowest BCUT2D eigenvalue weighted by molar-refractivity contribution is -0.161. The average molecular weight is 859 g/mol. The maximum absolute atomic E-state index is 12.5. The molecule has 0 aromatic rings. The van der Waals surface area contributed by atoms with Crippen LogP contribution in [0.4, 0.5) is 0 Å². The first kappa shape index (κ1) is 55.4. The highest BCUT2D eigenvalue weighted by molar-refractivity contribution is 7.46. The molecule has 6 atom stereocenters. The third-order valence-electron chi connectivity index (χ3n) is 11.5. The van der Waals surface area contributed by atoms with E-state index in [0.717, 1.165) is 64.2 Å². The van der Waals surface area contributed by atoms with Crippen molar-refractivity contribution in [3.63, 3.8) is 0 Å². The molecule has 0 aliphatic heterocycles. The second-order valence-electron chi connectivity index (χ2n) is 17.0. The summed E-state index contributed by atoms with van der Waals surface area (Å²) in [6.07, 6.45) is 36.8.